The van der Waals surface area contributed by atoms with Gasteiger partial charge in [-0.15, -0.1) is 0 Å². The monoisotopic (exact) mass is 300 g/mol. The summed E-state index contributed by atoms with van der Waals surface area (Å²) in [5, 5.41) is 0.139. The molecule has 0 radical (unpaired) electrons. The smallest absolute Gasteiger partial charge is 0.192 e. The zero-order chi connectivity index (χ0) is 15.8. The predicted octanol–water partition coefficient (Wildman–Crippen LogP) is 4.84. The molecule has 1 aromatic carbocycles. The molecule has 2 nitrogen and oxygen atoms in total. The number of rotatable bonds is 3. The summed E-state index contributed by atoms with van der Waals surface area (Å²) >= 11 is 0. The van der Waals surface area contributed by atoms with Gasteiger partial charge in [-0.3, -0.25) is 4.79 Å². The zero-order valence-electron chi connectivity index (χ0n) is 13.6. The van der Waals surface area contributed by atoms with Gasteiger partial charge in [0.05, 0.1) is 6.61 Å². The van der Waals surface area contributed by atoms with Crippen LogP contribution in [-0.4, -0.2) is 20.7 Å². The van der Waals surface area contributed by atoms with Gasteiger partial charge in [0.25, 0.3) is 0 Å². The number of hydrogen-bond donors (Lipinski definition) is 0. The third-order valence-corrected chi connectivity index (χ3v) is 9.03. The van der Waals surface area contributed by atoms with Crippen molar-refractivity contribution in [3.05, 3.63) is 53.6 Å². The fraction of sp³-hybridized carbons (Fsp3) is 0.389. The van der Waals surface area contributed by atoms with E-state index in [2.05, 4.69) is 40.4 Å². The van der Waals surface area contributed by atoms with Crippen molar-refractivity contribution >= 4 is 19.7 Å². The minimum Gasteiger partial charge on any atom is -0.412 e. The molecule has 0 saturated heterocycles. The summed E-state index contributed by atoms with van der Waals surface area (Å²) in [5.74, 6) is 0.0664. The van der Waals surface area contributed by atoms with Crippen LogP contribution in [0.15, 0.2) is 42.5 Å². The maximum Gasteiger partial charge on any atom is 0.192 e. The molecule has 112 valence electrons. The summed E-state index contributed by atoms with van der Waals surface area (Å²) in [6, 6.07) is 7.63. The van der Waals surface area contributed by atoms with E-state index in [9.17, 15) is 4.79 Å². The fourth-order valence-corrected chi connectivity index (χ4v) is 3.02. The lowest BCUT2D eigenvalue weighted by Gasteiger charge is -2.36. The van der Waals surface area contributed by atoms with E-state index in [0.717, 1.165) is 16.7 Å². The third-order valence-electron chi connectivity index (χ3n) is 4.55. The first kappa shape index (κ1) is 15.9. The Morgan fingerprint density at radius 3 is 2.29 bits per heavy atom. The van der Waals surface area contributed by atoms with Crippen LogP contribution >= 0.6 is 0 Å². The Morgan fingerprint density at radius 2 is 1.71 bits per heavy atom. The van der Waals surface area contributed by atoms with Crippen molar-refractivity contribution in [2.24, 2.45) is 0 Å². The second kappa shape index (κ2) is 5.39. The molecule has 0 saturated carbocycles. The third kappa shape index (κ3) is 3.09. The summed E-state index contributed by atoms with van der Waals surface area (Å²) in [6.07, 6.45) is 1.87. The number of carbonyl (C=O) groups excluding carboxylic acids is 1. The highest BCUT2D eigenvalue weighted by atomic mass is 28.4. The molecule has 2 rings (SSSR count). The van der Waals surface area contributed by atoms with E-state index in [-0.39, 0.29) is 10.8 Å². The van der Waals surface area contributed by atoms with Crippen molar-refractivity contribution in [2.75, 3.05) is 6.61 Å². The van der Waals surface area contributed by atoms with Gasteiger partial charge in [0.2, 0.25) is 0 Å². The maximum absolute atomic E-state index is 12.6. The predicted molar refractivity (Wildman–Crippen MR) is 91.0 cm³/mol. The van der Waals surface area contributed by atoms with Crippen molar-refractivity contribution in [1.82, 2.24) is 0 Å². The summed E-state index contributed by atoms with van der Waals surface area (Å²) in [6.45, 7) is 15.4. The fourth-order valence-electron chi connectivity index (χ4n) is 2.07. The quantitative estimate of drug-likeness (QED) is 0.746. The zero-order valence-corrected chi connectivity index (χ0v) is 14.6. The van der Waals surface area contributed by atoms with Gasteiger partial charge in [-0.2, -0.15) is 0 Å². The molecule has 0 bridgehead atoms. The lowest BCUT2D eigenvalue weighted by Crippen LogP contribution is -2.41. The van der Waals surface area contributed by atoms with Gasteiger partial charge in [0.1, 0.15) is 0 Å². The molecule has 0 atom stereocenters. The van der Waals surface area contributed by atoms with Gasteiger partial charge < -0.3 is 4.43 Å². The van der Waals surface area contributed by atoms with E-state index >= 15 is 0 Å². The molecule has 0 fully saturated rings. The standard InChI is InChI=1S/C18H24O2Si/c1-13-11-14(12-20-21(5,6)18(2,3)4)17(19)16-10-8-7-9-15(13)16/h7-11H,1,12H2,2-6H3. The van der Waals surface area contributed by atoms with Crippen LogP contribution in [0.5, 0.6) is 0 Å². The maximum atomic E-state index is 12.6. The van der Waals surface area contributed by atoms with E-state index in [1.165, 1.54) is 0 Å². The molecule has 0 spiro atoms. The van der Waals surface area contributed by atoms with Gasteiger partial charge in [-0.25, -0.2) is 0 Å². The normalized spacial score (nSPS) is 15.8. The van der Waals surface area contributed by atoms with Crippen LogP contribution in [0.4, 0.5) is 0 Å². The minimum atomic E-state index is -1.85. The van der Waals surface area contributed by atoms with Crippen LogP contribution in [0, 0.1) is 0 Å². The Labute approximate surface area is 128 Å². The molecule has 1 aromatic rings. The molecular formula is C18H24O2Si. The van der Waals surface area contributed by atoms with E-state index in [4.69, 9.17) is 4.43 Å². The van der Waals surface area contributed by atoms with E-state index in [1.807, 2.05) is 30.3 Å². The van der Waals surface area contributed by atoms with Gasteiger partial charge in [0.15, 0.2) is 14.1 Å². The summed E-state index contributed by atoms with van der Waals surface area (Å²) in [7, 11) is -1.85. The average Bonchev–Trinajstić information content (AvgIpc) is 2.40. The van der Waals surface area contributed by atoms with Crippen LogP contribution in [0.3, 0.4) is 0 Å². The van der Waals surface area contributed by atoms with Crippen LogP contribution in [0.1, 0.15) is 36.7 Å². The first-order valence-corrected chi connectivity index (χ1v) is 10.2. The van der Waals surface area contributed by atoms with Crippen LogP contribution in [0.2, 0.25) is 18.1 Å². The first-order valence-electron chi connectivity index (χ1n) is 7.31. The molecular weight excluding hydrogens is 276 g/mol. The Bertz CT molecular complexity index is 618. The molecule has 1 aliphatic carbocycles. The summed E-state index contributed by atoms with van der Waals surface area (Å²) in [4.78, 5) is 12.6. The van der Waals surface area contributed by atoms with Gasteiger partial charge >= 0.3 is 0 Å². The number of allylic oxidation sites excluding steroid dienone is 2. The number of carbonyl (C=O) groups is 1. The highest BCUT2D eigenvalue weighted by Gasteiger charge is 2.37. The molecule has 0 aromatic heterocycles. The molecule has 0 amide bonds. The number of benzene rings is 1. The Morgan fingerprint density at radius 1 is 1.14 bits per heavy atom. The Balaban J connectivity index is 2.20. The highest BCUT2D eigenvalue weighted by Crippen LogP contribution is 2.37. The number of fused-ring (bicyclic) bond motifs is 1. The lowest BCUT2D eigenvalue weighted by atomic mass is 9.88. The SMILES string of the molecule is C=C1C=C(CO[Si](C)(C)C(C)(C)C)C(=O)c2ccccc21. The molecule has 0 unspecified atom stereocenters. The van der Waals surface area contributed by atoms with Crippen molar-refractivity contribution in [3.8, 4) is 0 Å². The lowest BCUT2D eigenvalue weighted by molar-refractivity contribution is 0.102. The summed E-state index contributed by atoms with van der Waals surface area (Å²) < 4.78 is 6.18. The molecule has 21 heavy (non-hydrogen) atoms. The van der Waals surface area contributed by atoms with Crippen molar-refractivity contribution in [1.29, 1.82) is 0 Å². The molecule has 0 N–H and O–H groups in total. The minimum absolute atomic E-state index is 0.0664. The van der Waals surface area contributed by atoms with Gasteiger partial charge in [0, 0.05) is 11.1 Å². The van der Waals surface area contributed by atoms with E-state index < -0.39 is 8.32 Å². The second-order valence-electron chi connectivity index (χ2n) is 7.12. The van der Waals surface area contributed by atoms with E-state index in [1.54, 1.807) is 0 Å². The van der Waals surface area contributed by atoms with Crippen molar-refractivity contribution in [3.63, 3.8) is 0 Å². The van der Waals surface area contributed by atoms with Crippen molar-refractivity contribution in [2.45, 2.75) is 38.9 Å². The van der Waals surface area contributed by atoms with Crippen LogP contribution in [0.25, 0.3) is 5.57 Å². The largest absolute Gasteiger partial charge is 0.412 e. The topological polar surface area (TPSA) is 26.3 Å². The van der Waals surface area contributed by atoms with Crippen molar-refractivity contribution < 1.29 is 9.22 Å². The van der Waals surface area contributed by atoms with E-state index in [0.29, 0.717) is 12.2 Å². The number of hydrogen-bond acceptors (Lipinski definition) is 2. The Hall–Kier alpha value is -1.45. The average molecular weight is 300 g/mol. The highest BCUT2D eigenvalue weighted by molar-refractivity contribution is 6.74. The Kier molecular flexibility index (Phi) is 4.09. The molecule has 1 aliphatic rings. The second-order valence-corrected chi connectivity index (χ2v) is 11.9. The summed E-state index contributed by atoms with van der Waals surface area (Å²) in [5.41, 5.74) is 3.26. The first-order chi connectivity index (χ1) is 9.63. The van der Waals surface area contributed by atoms with Crippen LogP contribution in [-0.2, 0) is 4.43 Å². The molecule has 0 heterocycles. The molecule has 0 aliphatic heterocycles. The molecule has 3 heteroatoms. The van der Waals surface area contributed by atoms with Gasteiger partial charge in [-0.05, 0) is 35.3 Å². The number of ketones is 1. The van der Waals surface area contributed by atoms with Crippen LogP contribution < -0.4 is 0 Å². The van der Waals surface area contributed by atoms with Gasteiger partial charge in [-0.1, -0.05) is 51.6 Å². The number of Topliss-reactive ketones (excluding diaryl/α,β-unsaturated/α-hetero) is 1.